The lowest BCUT2D eigenvalue weighted by molar-refractivity contribution is 0.566. The van der Waals surface area contributed by atoms with Gasteiger partial charge >= 0.3 is 0 Å². The Morgan fingerprint density at radius 1 is 1.00 bits per heavy atom. The van der Waals surface area contributed by atoms with Gasteiger partial charge in [0.2, 0.25) is 0 Å². The van der Waals surface area contributed by atoms with Crippen LogP contribution in [0.15, 0.2) is 47.3 Å². The Hall–Kier alpha value is -1.50. The maximum atomic E-state index is 5.10. The molecule has 0 unspecified atom stereocenters. The lowest BCUT2D eigenvalue weighted by atomic mass is 10.1. The van der Waals surface area contributed by atoms with Gasteiger partial charge in [0, 0.05) is 5.56 Å². The summed E-state index contributed by atoms with van der Waals surface area (Å²) in [4.78, 5) is 0. The topological polar surface area (TPSA) is 13.1 Å². The van der Waals surface area contributed by atoms with Gasteiger partial charge in [-0.1, -0.05) is 30.3 Å². The second-order valence-electron chi connectivity index (χ2n) is 2.83. The van der Waals surface area contributed by atoms with Gasteiger partial charge in [0.15, 0.2) is 0 Å². The summed E-state index contributed by atoms with van der Waals surface area (Å²) in [5.74, 6) is 0. The fraction of sp³-hybridized carbons (Fsp3) is 0.0909. The van der Waals surface area contributed by atoms with Crippen molar-refractivity contribution in [3.05, 3.63) is 48.4 Å². The van der Waals surface area contributed by atoms with E-state index in [1.165, 1.54) is 16.7 Å². The Morgan fingerprint density at radius 2 is 1.75 bits per heavy atom. The van der Waals surface area contributed by atoms with Crippen LogP contribution in [0.2, 0.25) is 0 Å². The molecule has 0 fully saturated rings. The highest BCUT2D eigenvalue weighted by atomic mass is 16.3. The molecule has 0 aliphatic carbocycles. The third-order valence-corrected chi connectivity index (χ3v) is 1.94. The molecule has 1 aromatic heterocycles. The molecule has 1 heterocycles. The predicted octanol–water partition coefficient (Wildman–Crippen LogP) is 3.26. The smallest absolute Gasteiger partial charge is 0.0983 e. The summed E-state index contributed by atoms with van der Waals surface area (Å²) < 4.78 is 5.10. The highest BCUT2D eigenvalue weighted by Crippen LogP contribution is 2.23. The number of benzene rings is 1. The molecule has 2 rings (SSSR count). The van der Waals surface area contributed by atoms with Gasteiger partial charge in [-0.05, 0) is 18.1 Å². The predicted molar refractivity (Wildman–Crippen MR) is 48.9 cm³/mol. The second kappa shape index (κ2) is 2.86. The van der Waals surface area contributed by atoms with Crippen molar-refractivity contribution in [2.24, 2.45) is 0 Å². The Labute approximate surface area is 71.6 Å². The van der Waals surface area contributed by atoms with E-state index in [9.17, 15) is 0 Å². The molecule has 0 radical (unpaired) electrons. The minimum atomic E-state index is 1.18. The van der Waals surface area contributed by atoms with E-state index in [2.05, 4.69) is 12.1 Å². The normalized spacial score (nSPS) is 10.1. The Balaban J connectivity index is 2.51. The maximum absolute atomic E-state index is 5.10. The number of furan rings is 1. The van der Waals surface area contributed by atoms with Crippen molar-refractivity contribution in [2.75, 3.05) is 0 Å². The molecule has 1 heteroatoms. The molecule has 0 amide bonds. The molecule has 1 nitrogen and oxygen atoms in total. The first-order valence-corrected chi connectivity index (χ1v) is 3.96. The van der Waals surface area contributed by atoms with Gasteiger partial charge in [-0.3, -0.25) is 0 Å². The molecule has 0 spiro atoms. The zero-order valence-corrected chi connectivity index (χ0v) is 6.95. The highest BCUT2D eigenvalue weighted by molar-refractivity contribution is 5.65. The van der Waals surface area contributed by atoms with Crippen molar-refractivity contribution in [3.8, 4) is 11.1 Å². The first-order valence-electron chi connectivity index (χ1n) is 3.96. The lowest BCUT2D eigenvalue weighted by Gasteiger charge is -1.96. The SMILES string of the molecule is Cc1cocc1-c1ccccc1. The van der Waals surface area contributed by atoms with Crippen LogP contribution >= 0.6 is 0 Å². The van der Waals surface area contributed by atoms with Gasteiger partial charge < -0.3 is 4.42 Å². The fourth-order valence-electron chi connectivity index (χ4n) is 1.27. The van der Waals surface area contributed by atoms with Crippen LogP contribution in [0, 0.1) is 6.92 Å². The van der Waals surface area contributed by atoms with E-state index in [4.69, 9.17) is 4.42 Å². The van der Waals surface area contributed by atoms with Gasteiger partial charge in [0.1, 0.15) is 0 Å². The monoisotopic (exact) mass is 158 g/mol. The summed E-state index contributed by atoms with van der Waals surface area (Å²) in [7, 11) is 0. The first kappa shape index (κ1) is 7.17. The maximum Gasteiger partial charge on any atom is 0.0983 e. The van der Waals surface area contributed by atoms with Crippen LogP contribution in [-0.2, 0) is 0 Å². The summed E-state index contributed by atoms with van der Waals surface area (Å²) in [5.41, 5.74) is 3.57. The van der Waals surface area contributed by atoms with Crippen LogP contribution in [0.25, 0.3) is 11.1 Å². The van der Waals surface area contributed by atoms with Crippen molar-refractivity contribution >= 4 is 0 Å². The van der Waals surface area contributed by atoms with E-state index < -0.39 is 0 Å². The lowest BCUT2D eigenvalue weighted by Crippen LogP contribution is -1.74. The molecular formula is C11H10O. The second-order valence-corrected chi connectivity index (χ2v) is 2.83. The van der Waals surface area contributed by atoms with Crippen molar-refractivity contribution in [3.63, 3.8) is 0 Å². The largest absolute Gasteiger partial charge is 0.472 e. The molecule has 0 N–H and O–H groups in total. The summed E-state index contributed by atoms with van der Waals surface area (Å²) in [6, 6.07) is 10.2. The van der Waals surface area contributed by atoms with Crippen LogP contribution in [-0.4, -0.2) is 0 Å². The van der Waals surface area contributed by atoms with Crippen molar-refractivity contribution in [1.82, 2.24) is 0 Å². The molecule has 0 atom stereocenters. The van der Waals surface area contributed by atoms with Gasteiger partial charge in [0.25, 0.3) is 0 Å². The average molecular weight is 158 g/mol. The molecule has 60 valence electrons. The fourth-order valence-corrected chi connectivity index (χ4v) is 1.27. The van der Waals surface area contributed by atoms with Crippen LogP contribution in [0.1, 0.15) is 5.56 Å². The molecule has 0 aliphatic rings. The van der Waals surface area contributed by atoms with E-state index in [1.54, 1.807) is 12.5 Å². The standard InChI is InChI=1S/C11H10O/c1-9-7-12-8-11(9)10-5-3-2-4-6-10/h2-8H,1H3. The van der Waals surface area contributed by atoms with Crippen LogP contribution in [0.4, 0.5) is 0 Å². The zero-order chi connectivity index (χ0) is 8.39. The highest BCUT2D eigenvalue weighted by Gasteiger charge is 2.01. The average Bonchev–Trinajstić information content (AvgIpc) is 2.53. The molecule has 0 aliphatic heterocycles. The van der Waals surface area contributed by atoms with Gasteiger partial charge in [-0.25, -0.2) is 0 Å². The molecule has 0 saturated carbocycles. The minimum Gasteiger partial charge on any atom is -0.472 e. The number of hydrogen-bond donors (Lipinski definition) is 0. The third kappa shape index (κ3) is 1.14. The van der Waals surface area contributed by atoms with Gasteiger partial charge in [0.05, 0.1) is 12.5 Å². The summed E-state index contributed by atoms with van der Waals surface area (Å²) in [6.07, 6.45) is 3.55. The van der Waals surface area contributed by atoms with E-state index in [1.807, 2.05) is 25.1 Å². The van der Waals surface area contributed by atoms with Crippen molar-refractivity contribution in [1.29, 1.82) is 0 Å². The molecule has 12 heavy (non-hydrogen) atoms. The van der Waals surface area contributed by atoms with Crippen LogP contribution in [0.5, 0.6) is 0 Å². The minimum absolute atomic E-state index is 1.18. The van der Waals surface area contributed by atoms with Gasteiger partial charge in [-0.2, -0.15) is 0 Å². The molecule has 0 bridgehead atoms. The van der Waals surface area contributed by atoms with E-state index in [-0.39, 0.29) is 0 Å². The van der Waals surface area contributed by atoms with Crippen molar-refractivity contribution < 1.29 is 4.42 Å². The van der Waals surface area contributed by atoms with Crippen molar-refractivity contribution in [2.45, 2.75) is 6.92 Å². The first-order chi connectivity index (χ1) is 5.88. The zero-order valence-electron chi connectivity index (χ0n) is 6.95. The Kier molecular flexibility index (Phi) is 1.71. The Morgan fingerprint density at radius 3 is 2.33 bits per heavy atom. The third-order valence-electron chi connectivity index (χ3n) is 1.94. The number of hydrogen-bond acceptors (Lipinski definition) is 1. The molecular weight excluding hydrogens is 148 g/mol. The molecule has 0 saturated heterocycles. The Bertz CT molecular complexity index is 360. The van der Waals surface area contributed by atoms with Crippen LogP contribution in [0.3, 0.4) is 0 Å². The number of rotatable bonds is 1. The van der Waals surface area contributed by atoms with E-state index in [0.29, 0.717) is 0 Å². The van der Waals surface area contributed by atoms with Gasteiger partial charge in [-0.15, -0.1) is 0 Å². The quantitative estimate of drug-likeness (QED) is 0.620. The van der Waals surface area contributed by atoms with E-state index in [0.717, 1.165) is 0 Å². The van der Waals surface area contributed by atoms with Crippen LogP contribution < -0.4 is 0 Å². The number of aryl methyl sites for hydroxylation is 1. The van der Waals surface area contributed by atoms with E-state index >= 15 is 0 Å². The molecule has 1 aromatic carbocycles. The summed E-state index contributed by atoms with van der Waals surface area (Å²) in [5, 5.41) is 0. The summed E-state index contributed by atoms with van der Waals surface area (Å²) >= 11 is 0. The summed E-state index contributed by atoms with van der Waals surface area (Å²) in [6.45, 7) is 2.05. The molecule has 2 aromatic rings.